The van der Waals surface area contributed by atoms with Crippen molar-refractivity contribution in [2.24, 2.45) is 0 Å². The molecule has 1 fully saturated rings. The molecule has 15 heavy (non-hydrogen) atoms. The second-order valence-electron chi connectivity index (χ2n) is 4.30. The van der Waals surface area contributed by atoms with E-state index in [4.69, 9.17) is 4.42 Å². The molecule has 1 saturated heterocycles. The zero-order valence-electron chi connectivity index (χ0n) is 8.77. The Hall–Kier alpha value is -1.29. The zero-order chi connectivity index (χ0) is 10.9. The number of likely N-dealkylation sites (tertiary alicyclic amines) is 1. The van der Waals surface area contributed by atoms with E-state index in [1.807, 2.05) is 6.92 Å². The third kappa shape index (κ3) is 2.21. The standard InChI is InChI=1S/C11H15NO3/c1-11(14)3-5-12(6-4-11)10(13)9-2-7-15-8-9/h2,7-8,14H,3-6H2,1H3. The predicted molar refractivity (Wildman–Crippen MR) is 54.5 cm³/mol. The van der Waals surface area contributed by atoms with Gasteiger partial charge < -0.3 is 14.4 Å². The van der Waals surface area contributed by atoms with Crippen molar-refractivity contribution in [3.63, 3.8) is 0 Å². The van der Waals surface area contributed by atoms with Crippen molar-refractivity contribution in [2.75, 3.05) is 13.1 Å². The molecule has 1 aliphatic rings. The fourth-order valence-electron chi connectivity index (χ4n) is 1.76. The van der Waals surface area contributed by atoms with Crippen LogP contribution in [0.15, 0.2) is 23.0 Å². The smallest absolute Gasteiger partial charge is 0.257 e. The fraction of sp³-hybridized carbons (Fsp3) is 0.545. The van der Waals surface area contributed by atoms with Gasteiger partial charge >= 0.3 is 0 Å². The Morgan fingerprint density at radius 2 is 2.20 bits per heavy atom. The average molecular weight is 209 g/mol. The summed E-state index contributed by atoms with van der Waals surface area (Å²) in [5, 5.41) is 9.75. The van der Waals surface area contributed by atoms with E-state index in [9.17, 15) is 9.90 Å². The summed E-state index contributed by atoms with van der Waals surface area (Å²) in [6.07, 6.45) is 4.22. The Bertz CT molecular complexity index is 333. The van der Waals surface area contributed by atoms with Crippen LogP contribution in [0.1, 0.15) is 30.1 Å². The highest BCUT2D eigenvalue weighted by Gasteiger charge is 2.30. The quantitative estimate of drug-likeness (QED) is 0.757. The highest BCUT2D eigenvalue weighted by atomic mass is 16.3. The molecule has 1 N–H and O–H groups in total. The first-order valence-electron chi connectivity index (χ1n) is 5.12. The first-order valence-corrected chi connectivity index (χ1v) is 5.12. The number of rotatable bonds is 1. The zero-order valence-corrected chi connectivity index (χ0v) is 8.77. The van der Waals surface area contributed by atoms with Crippen LogP contribution in [0.25, 0.3) is 0 Å². The summed E-state index contributed by atoms with van der Waals surface area (Å²) in [4.78, 5) is 13.6. The minimum atomic E-state index is -0.618. The summed E-state index contributed by atoms with van der Waals surface area (Å²) in [6, 6.07) is 1.66. The molecule has 4 heteroatoms. The molecule has 1 amide bonds. The molecule has 0 saturated carbocycles. The highest BCUT2D eigenvalue weighted by molar-refractivity contribution is 5.93. The minimum absolute atomic E-state index is 0.0146. The van der Waals surface area contributed by atoms with Gasteiger partial charge in [-0.05, 0) is 25.8 Å². The van der Waals surface area contributed by atoms with E-state index < -0.39 is 5.60 Å². The van der Waals surface area contributed by atoms with Gasteiger partial charge in [-0.3, -0.25) is 4.79 Å². The van der Waals surface area contributed by atoms with Crippen molar-refractivity contribution < 1.29 is 14.3 Å². The Kier molecular flexibility index (Phi) is 2.52. The Balaban J connectivity index is 2.00. The van der Waals surface area contributed by atoms with Gasteiger partial charge in [0, 0.05) is 13.1 Å². The van der Waals surface area contributed by atoms with Crippen molar-refractivity contribution in [3.05, 3.63) is 24.2 Å². The van der Waals surface area contributed by atoms with Gasteiger partial charge in [0.15, 0.2) is 0 Å². The summed E-state index contributed by atoms with van der Waals surface area (Å²) in [5.41, 5.74) is -0.0377. The van der Waals surface area contributed by atoms with Crippen LogP contribution in [0.4, 0.5) is 0 Å². The Labute approximate surface area is 88.5 Å². The van der Waals surface area contributed by atoms with Crippen LogP contribution >= 0.6 is 0 Å². The first kappa shape index (κ1) is 10.2. The van der Waals surface area contributed by atoms with E-state index in [1.54, 1.807) is 11.0 Å². The van der Waals surface area contributed by atoms with Gasteiger partial charge in [-0.15, -0.1) is 0 Å². The summed E-state index contributed by atoms with van der Waals surface area (Å²) < 4.78 is 4.87. The van der Waals surface area contributed by atoms with Crippen LogP contribution in [0, 0.1) is 0 Å². The molecule has 0 atom stereocenters. The van der Waals surface area contributed by atoms with Gasteiger partial charge in [-0.25, -0.2) is 0 Å². The van der Waals surface area contributed by atoms with E-state index >= 15 is 0 Å². The molecular weight excluding hydrogens is 194 g/mol. The lowest BCUT2D eigenvalue weighted by Gasteiger charge is -2.35. The molecule has 0 aliphatic carbocycles. The molecule has 4 nitrogen and oxygen atoms in total. The van der Waals surface area contributed by atoms with Gasteiger partial charge in [0.2, 0.25) is 0 Å². The molecule has 1 aliphatic heterocycles. The van der Waals surface area contributed by atoms with Crippen LogP contribution in [0.2, 0.25) is 0 Å². The van der Waals surface area contributed by atoms with E-state index in [0.29, 0.717) is 31.5 Å². The summed E-state index contributed by atoms with van der Waals surface area (Å²) >= 11 is 0. The number of hydrogen-bond donors (Lipinski definition) is 1. The lowest BCUT2D eigenvalue weighted by molar-refractivity contribution is -0.00203. The number of piperidine rings is 1. The molecule has 0 bridgehead atoms. The normalized spacial score (nSPS) is 20.3. The van der Waals surface area contributed by atoms with Crippen LogP contribution in [-0.4, -0.2) is 34.6 Å². The van der Waals surface area contributed by atoms with E-state index in [0.717, 1.165) is 0 Å². The molecule has 82 valence electrons. The van der Waals surface area contributed by atoms with Crippen LogP contribution in [0.3, 0.4) is 0 Å². The summed E-state index contributed by atoms with van der Waals surface area (Å²) in [6.45, 7) is 3.03. The maximum Gasteiger partial charge on any atom is 0.257 e. The van der Waals surface area contributed by atoms with E-state index in [-0.39, 0.29) is 5.91 Å². The number of amides is 1. The lowest BCUT2D eigenvalue weighted by Crippen LogP contribution is -2.45. The van der Waals surface area contributed by atoms with Crippen molar-refractivity contribution >= 4 is 5.91 Å². The molecule has 1 aromatic heterocycles. The molecule has 0 aromatic carbocycles. The number of aliphatic hydroxyl groups is 1. The fourth-order valence-corrected chi connectivity index (χ4v) is 1.76. The molecule has 2 heterocycles. The van der Waals surface area contributed by atoms with Gasteiger partial charge in [-0.1, -0.05) is 0 Å². The Morgan fingerprint density at radius 1 is 1.53 bits per heavy atom. The maximum atomic E-state index is 11.9. The van der Waals surface area contributed by atoms with Gasteiger partial charge in [-0.2, -0.15) is 0 Å². The minimum Gasteiger partial charge on any atom is -0.472 e. The van der Waals surface area contributed by atoms with Crippen molar-refractivity contribution in [1.82, 2.24) is 4.90 Å². The number of hydrogen-bond acceptors (Lipinski definition) is 3. The topological polar surface area (TPSA) is 53.7 Å². The molecule has 2 rings (SSSR count). The molecule has 0 unspecified atom stereocenters. The molecule has 1 aromatic rings. The van der Waals surface area contributed by atoms with Gasteiger partial charge in [0.1, 0.15) is 6.26 Å². The summed E-state index contributed by atoms with van der Waals surface area (Å²) in [5.74, 6) is -0.0146. The van der Waals surface area contributed by atoms with Crippen LogP contribution in [0.5, 0.6) is 0 Å². The number of carbonyl (C=O) groups is 1. The maximum absolute atomic E-state index is 11.9. The SMILES string of the molecule is CC1(O)CCN(C(=O)c2ccoc2)CC1. The third-order valence-corrected chi connectivity index (χ3v) is 2.90. The first-order chi connectivity index (χ1) is 7.08. The number of furan rings is 1. The predicted octanol–water partition coefficient (Wildman–Crippen LogP) is 1.27. The van der Waals surface area contributed by atoms with Crippen molar-refractivity contribution in [3.8, 4) is 0 Å². The molecule has 0 radical (unpaired) electrons. The molecule has 0 spiro atoms. The van der Waals surface area contributed by atoms with Gasteiger partial charge in [0.05, 0.1) is 17.4 Å². The monoisotopic (exact) mass is 209 g/mol. The van der Waals surface area contributed by atoms with Crippen LogP contribution in [-0.2, 0) is 0 Å². The van der Waals surface area contributed by atoms with E-state index in [2.05, 4.69) is 0 Å². The van der Waals surface area contributed by atoms with E-state index in [1.165, 1.54) is 12.5 Å². The number of carbonyl (C=O) groups excluding carboxylic acids is 1. The Morgan fingerprint density at radius 3 is 2.73 bits per heavy atom. The highest BCUT2D eigenvalue weighted by Crippen LogP contribution is 2.22. The second-order valence-corrected chi connectivity index (χ2v) is 4.30. The van der Waals surface area contributed by atoms with Crippen molar-refractivity contribution in [1.29, 1.82) is 0 Å². The van der Waals surface area contributed by atoms with Crippen LogP contribution < -0.4 is 0 Å². The number of nitrogens with zero attached hydrogens (tertiary/aromatic N) is 1. The average Bonchev–Trinajstić information content (AvgIpc) is 2.69. The lowest BCUT2D eigenvalue weighted by atomic mass is 9.93. The van der Waals surface area contributed by atoms with Gasteiger partial charge in [0.25, 0.3) is 5.91 Å². The third-order valence-electron chi connectivity index (χ3n) is 2.90. The van der Waals surface area contributed by atoms with Crippen molar-refractivity contribution in [2.45, 2.75) is 25.4 Å². The summed E-state index contributed by atoms with van der Waals surface area (Å²) in [7, 11) is 0. The largest absolute Gasteiger partial charge is 0.472 e. The molecular formula is C11H15NO3. The second kappa shape index (κ2) is 3.70.